The number of phenols is 1. The van der Waals surface area contributed by atoms with E-state index >= 15 is 0 Å². The molecule has 0 saturated carbocycles. The number of hydrogen-bond acceptors (Lipinski definition) is 5. The van der Waals surface area contributed by atoms with Gasteiger partial charge in [-0.15, -0.1) is 0 Å². The number of aliphatic hydroxyl groups excluding tert-OH is 1. The zero-order valence-corrected chi connectivity index (χ0v) is 11.0. The molecule has 17 heavy (non-hydrogen) atoms. The van der Waals surface area contributed by atoms with Gasteiger partial charge in [0.15, 0.2) is 17.6 Å². The summed E-state index contributed by atoms with van der Waals surface area (Å²) in [6, 6.07) is 3.08. The van der Waals surface area contributed by atoms with E-state index in [1.165, 1.54) is 13.2 Å². The van der Waals surface area contributed by atoms with E-state index in [1.807, 2.05) is 0 Å². The van der Waals surface area contributed by atoms with Crippen LogP contribution in [0.2, 0.25) is 0 Å². The second kappa shape index (κ2) is 5.88. The predicted molar refractivity (Wildman–Crippen MR) is 64.0 cm³/mol. The third kappa shape index (κ3) is 2.89. The Bertz CT molecular complexity index is 419. The number of rotatable bonds is 4. The second-order valence-electron chi connectivity index (χ2n) is 3.17. The van der Waals surface area contributed by atoms with Gasteiger partial charge in [-0.3, -0.25) is 0 Å². The number of carbonyl (C=O) groups excluding carboxylic acids is 1. The first-order valence-electron chi connectivity index (χ1n) is 4.93. The second-order valence-corrected chi connectivity index (χ2v) is 4.02. The van der Waals surface area contributed by atoms with Crippen molar-refractivity contribution in [3.05, 3.63) is 22.2 Å². The van der Waals surface area contributed by atoms with Crippen LogP contribution in [0.3, 0.4) is 0 Å². The molecule has 1 atom stereocenters. The number of methoxy groups -OCH3 is 1. The molecule has 0 aliphatic heterocycles. The molecular weight excluding hydrogens is 292 g/mol. The molecule has 0 fully saturated rings. The summed E-state index contributed by atoms with van der Waals surface area (Å²) in [7, 11) is 1.38. The Morgan fingerprint density at radius 3 is 2.71 bits per heavy atom. The van der Waals surface area contributed by atoms with Crippen molar-refractivity contribution in [2.24, 2.45) is 0 Å². The Kier molecular flexibility index (Phi) is 4.77. The zero-order chi connectivity index (χ0) is 13.0. The molecule has 5 nitrogen and oxygen atoms in total. The van der Waals surface area contributed by atoms with Gasteiger partial charge in [0.25, 0.3) is 0 Å². The van der Waals surface area contributed by atoms with E-state index in [2.05, 4.69) is 20.7 Å². The van der Waals surface area contributed by atoms with Crippen molar-refractivity contribution in [3.8, 4) is 11.5 Å². The summed E-state index contributed by atoms with van der Waals surface area (Å²) in [6.45, 7) is 1.78. The molecule has 0 aliphatic rings. The topological polar surface area (TPSA) is 76.0 Å². The average Bonchev–Trinajstić information content (AvgIpc) is 2.29. The highest BCUT2D eigenvalue weighted by Crippen LogP contribution is 2.39. The molecule has 1 unspecified atom stereocenters. The van der Waals surface area contributed by atoms with Gasteiger partial charge in [0, 0.05) is 4.47 Å². The molecule has 1 aromatic rings. The summed E-state index contributed by atoms with van der Waals surface area (Å²) < 4.78 is 9.98. The number of ether oxygens (including phenoxy) is 2. The van der Waals surface area contributed by atoms with E-state index in [4.69, 9.17) is 4.74 Å². The number of benzene rings is 1. The highest BCUT2D eigenvalue weighted by atomic mass is 79.9. The molecule has 94 valence electrons. The van der Waals surface area contributed by atoms with Gasteiger partial charge in [0.2, 0.25) is 0 Å². The van der Waals surface area contributed by atoms with Crippen LogP contribution in [-0.2, 0) is 9.53 Å². The Hall–Kier alpha value is -1.27. The fourth-order valence-electron chi connectivity index (χ4n) is 1.33. The van der Waals surface area contributed by atoms with Gasteiger partial charge < -0.3 is 19.7 Å². The number of halogens is 1. The monoisotopic (exact) mass is 304 g/mol. The van der Waals surface area contributed by atoms with E-state index in [-0.39, 0.29) is 23.7 Å². The van der Waals surface area contributed by atoms with Gasteiger partial charge in [-0.25, -0.2) is 4.79 Å². The van der Waals surface area contributed by atoms with Crippen LogP contribution in [0.15, 0.2) is 16.6 Å². The number of carbonyl (C=O) groups is 1. The van der Waals surface area contributed by atoms with Crippen molar-refractivity contribution in [2.75, 3.05) is 13.7 Å². The quantitative estimate of drug-likeness (QED) is 0.829. The first-order chi connectivity index (χ1) is 8.02. The van der Waals surface area contributed by atoms with Crippen LogP contribution >= 0.6 is 15.9 Å². The minimum atomic E-state index is -1.56. The summed E-state index contributed by atoms with van der Waals surface area (Å²) in [5.74, 6) is -0.939. The zero-order valence-electron chi connectivity index (χ0n) is 9.44. The van der Waals surface area contributed by atoms with Crippen LogP contribution in [0.25, 0.3) is 0 Å². The smallest absolute Gasteiger partial charge is 0.339 e. The Balaban J connectivity index is 3.16. The van der Waals surface area contributed by atoms with E-state index in [9.17, 15) is 15.0 Å². The van der Waals surface area contributed by atoms with Gasteiger partial charge in [-0.05, 0) is 19.1 Å². The van der Waals surface area contributed by atoms with Crippen LogP contribution in [-0.4, -0.2) is 29.9 Å². The predicted octanol–water partition coefficient (Wildman–Crippen LogP) is 1.76. The van der Waals surface area contributed by atoms with Crippen molar-refractivity contribution in [2.45, 2.75) is 13.0 Å². The molecule has 0 radical (unpaired) electrons. The summed E-state index contributed by atoms with van der Waals surface area (Å²) in [5.41, 5.74) is 0.0304. The molecule has 0 aromatic heterocycles. The molecule has 1 rings (SSSR count). The van der Waals surface area contributed by atoms with Gasteiger partial charge in [0.1, 0.15) is 0 Å². The molecule has 0 amide bonds. The van der Waals surface area contributed by atoms with E-state index in [1.54, 1.807) is 13.0 Å². The standard InChI is InChI=1S/C11H13BrO5/c1-3-17-11(15)10(14)8-6(12)4-5-7(16-2)9(8)13/h4-5,10,13-14H,3H2,1-2H3. The largest absolute Gasteiger partial charge is 0.504 e. The lowest BCUT2D eigenvalue weighted by atomic mass is 10.1. The number of phenolic OH excluding ortho intramolecular Hbond substituents is 1. The Morgan fingerprint density at radius 2 is 2.18 bits per heavy atom. The van der Waals surface area contributed by atoms with E-state index in [0.717, 1.165) is 0 Å². The summed E-state index contributed by atoms with van der Waals surface area (Å²) in [5, 5.41) is 19.6. The first kappa shape index (κ1) is 13.8. The van der Waals surface area contributed by atoms with Crippen LogP contribution in [0.5, 0.6) is 11.5 Å². The third-order valence-corrected chi connectivity index (χ3v) is 2.82. The lowest BCUT2D eigenvalue weighted by Crippen LogP contribution is -2.16. The Morgan fingerprint density at radius 1 is 1.53 bits per heavy atom. The molecule has 0 heterocycles. The fourth-order valence-corrected chi connectivity index (χ4v) is 1.86. The lowest BCUT2D eigenvalue weighted by molar-refractivity contribution is -0.153. The van der Waals surface area contributed by atoms with Crippen LogP contribution in [0, 0.1) is 0 Å². The normalized spacial score (nSPS) is 12.0. The van der Waals surface area contributed by atoms with Crippen LogP contribution in [0.4, 0.5) is 0 Å². The maximum Gasteiger partial charge on any atom is 0.339 e. The highest BCUT2D eigenvalue weighted by Gasteiger charge is 2.26. The molecule has 1 aromatic carbocycles. The number of aliphatic hydroxyl groups is 1. The minimum absolute atomic E-state index is 0.0304. The van der Waals surface area contributed by atoms with Crippen molar-refractivity contribution in [1.29, 1.82) is 0 Å². The molecular formula is C11H13BrO5. The SMILES string of the molecule is CCOC(=O)C(O)c1c(Br)ccc(OC)c1O. The fraction of sp³-hybridized carbons (Fsp3) is 0.364. The Labute approximate surface area is 107 Å². The highest BCUT2D eigenvalue weighted by molar-refractivity contribution is 9.10. The third-order valence-electron chi connectivity index (χ3n) is 2.13. The maximum atomic E-state index is 11.4. The van der Waals surface area contributed by atoms with Crippen molar-refractivity contribution < 1.29 is 24.5 Å². The van der Waals surface area contributed by atoms with E-state index in [0.29, 0.717) is 4.47 Å². The maximum absolute atomic E-state index is 11.4. The first-order valence-corrected chi connectivity index (χ1v) is 5.72. The summed E-state index contributed by atoms with van der Waals surface area (Å²) in [6.07, 6.45) is -1.56. The molecule has 0 spiro atoms. The minimum Gasteiger partial charge on any atom is -0.504 e. The summed E-state index contributed by atoms with van der Waals surface area (Å²) in [4.78, 5) is 11.4. The van der Waals surface area contributed by atoms with Gasteiger partial charge in [-0.2, -0.15) is 0 Å². The van der Waals surface area contributed by atoms with Crippen molar-refractivity contribution in [3.63, 3.8) is 0 Å². The number of esters is 1. The van der Waals surface area contributed by atoms with Crippen LogP contribution < -0.4 is 4.74 Å². The number of hydrogen-bond donors (Lipinski definition) is 2. The van der Waals surface area contributed by atoms with Crippen molar-refractivity contribution >= 4 is 21.9 Å². The average molecular weight is 305 g/mol. The summed E-state index contributed by atoms with van der Waals surface area (Å²) >= 11 is 3.15. The molecule has 0 bridgehead atoms. The van der Waals surface area contributed by atoms with Gasteiger partial charge in [0.05, 0.1) is 19.3 Å². The molecule has 2 N–H and O–H groups in total. The molecule has 0 aliphatic carbocycles. The molecule has 6 heteroatoms. The van der Waals surface area contributed by atoms with Gasteiger partial charge >= 0.3 is 5.97 Å². The van der Waals surface area contributed by atoms with Crippen LogP contribution in [0.1, 0.15) is 18.6 Å². The number of aromatic hydroxyl groups is 1. The van der Waals surface area contributed by atoms with Gasteiger partial charge in [-0.1, -0.05) is 15.9 Å². The molecule has 0 saturated heterocycles. The van der Waals surface area contributed by atoms with E-state index < -0.39 is 12.1 Å². The van der Waals surface area contributed by atoms with Crippen molar-refractivity contribution in [1.82, 2.24) is 0 Å². The lowest BCUT2D eigenvalue weighted by Gasteiger charge is -2.15.